The molecule has 1 heterocycles. The van der Waals surface area contributed by atoms with E-state index in [0.717, 1.165) is 5.56 Å². The Bertz CT molecular complexity index is 1500. The van der Waals surface area contributed by atoms with E-state index in [0.29, 0.717) is 22.5 Å². The molecule has 8 heteroatoms. The number of carbonyl (C=O) groups is 2. The molecule has 1 aliphatic heterocycles. The summed E-state index contributed by atoms with van der Waals surface area (Å²) in [4.78, 5) is 37.3. The zero-order chi connectivity index (χ0) is 27.8. The Hall–Kier alpha value is -5.16. The van der Waals surface area contributed by atoms with Gasteiger partial charge >= 0.3 is 11.9 Å². The van der Waals surface area contributed by atoms with Crippen molar-refractivity contribution in [1.29, 1.82) is 0 Å². The molecule has 0 spiro atoms. The molecule has 196 valence electrons. The first-order valence-electron chi connectivity index (χ1n) is 12.3. The average molecular weight is 523 g/mol. The third-order valence-corrected chi connectivity index (χ3v) is 5.99. The molecule has 0 radical (unpaired) electrons. The number of nitro benzene ring substituents is 1. The molecule has 4 rings (SSSR count). The van der Waals surface area contributed by atoms with Crippen LogP contribution >= 0.6 is 0 Å². The Kier molecular flexibility index (Phi) is 8.54. The van der Waals surface area contributed by atoms with Gasteiger partial charge in [0.2, 0.25) is 0 Å². The van der Waals surface area contributed by atoms with Crippen LogP contribution < -0.4 is 5.32 Å². The van der Waals surface area contributed by atoms with E-state index in [4.69, 9.17) is 9.47 Å². The van der Waals surface area contributed by atoms with Crippen LogP contribution in [0.3, 0.4) is 0 Å². The van der Waals surface area contributed by atoms with Crippen molar-refractivity contribution in [2.24, 2.45) is 5.92 Å². The molecule has 3 aromatic rings. The summed E-state index contributed by atoms with van der Waals surface area (Å²) < 4.78 is 11.0. The lowest BCUT2D eigenvalue weighted by Gasteiger charge is -2.29. The fraction of sp³-hybridized carbons (Fsp3) is 0.161. The number of rotatable bonds is 7. The molecule has 0 aliphatic carbocycles. The van der Waals surface area contributed by atoms with E-state index in [2.05, 4.69) is 17.2 Å². The second-order valence-electron chi connectivity index (χ2n) is 8.61. The summed E-state index contributed by atoms with van der Waals surface area (Å²) in [6, 6.07) is 24.2. The largest absolute Gasteiger partial charge is 0.463 e. The smallest absolute Gasteiger partial charge is 0.338 e. The van der Waals surface area contributed by atoms with Gasteiger partial charge in [0.15, 0.2) is 0 Å². The summed E-state index contributed by atoms with van der Waals surface area (Å²) in [5.41, 5.74) is 3.33. The van der Waals surface area contributed by atoms with Gasteiger partial charge in [0.1, 0.15) is 6.61 Å². The van der Waals surface area contributed by atoms with Crippen molar-refractivity contribution in [2.75, 3.05) is 6.61 Å². The van der Waals surface area contributed by atoms with Crippen molar-refractivity contribution in [3.05, 3.63) is 129 Å². The number of ether oxygens (including phenoxy) is 2. The van der Waals surface area contributed by atoms with Crippen LogP contribution in [0.4, 0.5) is 5.69 Å². The number of dihydropyridines is 1. The minimum absolute atomic E-state index is 0.0634. The van der Waals surface area contributed by atoms with E-state index in [1.54, 1.807) is 13.8 Å². The predicted molar refractivity (Wildman–Crippen MR) is 146 cm³/mol. The molecule has 0 fully saturated rings. The van der Waals surface area contributed by atoms with Gasteiger partial charge in [-0.3, -0.25) is 10.1 Å². The minimum Gasteiger partial charge on any atom is -0.463 e. The lowest BCUT2D eigenvalue weighted by Crippen LogP contribution is -2.33. The van der Waals surface area contributed by atoms with E-state index in [-0.39, 0.29) is 30.0 Å². The molecular weight excluding hydrogens is 496 g/mol. The van der Waals surface area contributed by atoms with Crippen LogP contribution in [0, 0.1) is 27.9 Å². The maximum Gasteiger partial charge on any atom is 0.338 e. The second kappa shape index (κ2) is 12.4. The van der Waals surface area contributed by atoms with Crippen LogP contribution in [0.5, 0.6) is 0 Å². The van der Waals surface area contributed by atoms with E-state index in [1.807, 2.05) is 60.7 Å². The summed E-state index contributed by atoms with van der Waals surface area (Å²) in [5.74, 6) is 4.01. The number of esters is 2. The molecule has 0 saturated heterocycles. The summed E-state index contributed by atoms with van der Waals surface area (Å²) in [6.45, 7) is 3.48. The van der Waals surface area contributed by atoms with Crippen LogP contribution in [0.15, 0.2) is 102 Å². The number of nitrogens with zero attached hydrogens (tertiary/aromatic N) is 1. The quantitative estimate of drug-likeness (QED) is 0.198. The lowest BCUT2D eigenvalue weighted by atomic mass is 9.84. The van der Waals surface area contributed by atoms with Crippen LogP contribution in [-0.4, -0.2) is 23.5 Å². The van der Waals surface area contributed by atoms with Gasteiger partial charge in [-0.15, -0.1) is 0 Å². The van der Waals surface area contributed by atoms with E-state index >= 15 is 0 Å². The van der Waals surface area contributed by atoms with E-state index in [9.17, 15) is 19.7 Å². The van der Waals surface area contributed by atoms with Gasteiger partial charge in [0.25, 0.3) is 5.69 Å². The molecule has 1 N–H and O–H groups in total. The van der Waals surface area contributed by atoms with Crippen molar-refractivity contribution in [3.63, 3.8) is 0 Å². The number of benzene rings is 3. The highest BCUT2D eigenvalue weighted by molar-refractivity contribution is 6.04. The Morgan fingerprint density at radius 2 is 1.51 bits per heavy atom. The van der Waals surface area contributed by atoms with Gasteiger partial charge in [-0.2, -0.15) is 0 Å². The first-order valence-corrected chi connectivity index (χ1v) is 12.3. The third kappa shape index (κ3) is 6.40. The van der Waals surface area contributed by atoms with E-state index in [1.165, 1.54) is 24.3 Å². The van der Waals surface area contributed by atoms with Crippen LogP contribution in [-0.2, 0) is 25.7 Å². The fourth-order valence-corrected chi connectivity index (χ4v) is 4.12. The molecule has 3 aromatic carbocycles. The van der Waals surface area contributed by atoms with Gasteiger partial charge in [0, 0.05) is 23.4 Å². The number of hydrogen-bond donors (Lipinski definition) is 1. The number of nitrogens with one attached hydrogen (secondary N) is 1. The third-order valence-electron chi connectivity index (χ3n) is 5.99. The Balaban J connectivity index is 1.78. The second-order valence-corrected chi connectivity index (χ2v) is 8.61. The van der Waals surface area contributed by atoms with Crippen molar-refractivity contribution in [2.45, 2.75) is 20.5 Å². The molecule has 0 amide bonds. The predicted octanol–water partition coefficient (Wildman–Crippen LogP) is 5.16. The molecule has 1 aliphatic rings. The molecule has 0 saturated carbocycles. The number of nitro groups is 1. The number of carbonyl (C=O) groups excluding carboxylic acids is 2. The van der Waals surface area contributed by atoms with Crippen LogP contribution in [0.25, 0.3) is 5.70 Å². The van der Waals surface area contributed by atoms with Gasteiger partial charge in [-0.25, -0.2) is 9.59 Å². The first kappa shape index (κ1) is 26.9. The summed E-state index contributed by atoms with van der Waals surface area (Å²) >= 11 is 0. The standard InChI is InChI=1S/C31H26N2O6/c1-3-38-30(34)27-21(2)32-29(24-12-8-5-9-13-24)28(26(27)19-16-22-10-6-4-7-11-22)31(35)39-20-23-14-17-25(18-15-23)33(36)37/h4-15,17-18,26,32H,3,20H2,1-2H3/t26-/m1/s1. The molecule has 1 atom stereocenters. The van der Waals surface area contributed by atoms with Crippen LogP contribution in [0.2, 0.25) is 0 Å². The fourth-order valence-electron chi connectivity index (χ4n) is 4.12. The monoisotopic (exact) mass is 522 g/mol. The van der Waals surface area contributed by atoms with E-state index < -0.39 is 22.8 Å². The lowest BCUT2D eigenvalue weighted by molar-refractivity contribution is -0.384. The molecule has 0 unspecified atom stereocenters. The molecule has 0 bridgehead atoms. The number of hydrogen-bond acceptors (Lipinski definition) is 7. The summed E-state index contributed by atoms with van der Waals surface area (Å²) in [5, 5.41) is 14.2. The van der Waals surface area contributed by atoms with Gasteiger partial charge < -0.3 is 14.8 Å². The normalized spacial score (nSPS) is 14.6. The molecular formula is C31H26N2O6. The highest BCUT2D eigenvalue weighted by atomic mass is 16.6. The summed E-state index contributed by atoms with van der Waals surface area (Å²) in [6.07, 6.45) is 0. The van der Waals surface area contributed by atoms with Crippen molar-refractivity contribution in [3.8, 4) is 11.8 Å². The average Bonchev–Trinajstić information content (AvgIpc) is 2.95. The highest BCUT2D eigenvalue weighted by Crippen LogP contribution is 2.35. The molecule has 8 nitrogen and oxygen atoms in total. The number of non-ortho nitro benzene ring substituents is 1. The zero-order valence-corrected chi connectivity index (χ0v) is 21.5. The van der Waals surface area contributed by atoms with Crippen LogP contribution in [0.1, 0.15) is 30.5 Å². The van der Waals surface area contributed by atoms with Gasteiger partial charge in [0.05, 0.1) is 34.3 Å². The molecule has 0 aromatic heterocycles. The van der Waals surface area contributed by atoms with Crippen molar-refractivity contribution < 1.29 is 24.0 Å². The highest BCUT2D eigenvalue weighted by Gasteiger charge is 2.37. The topological polar surface area (TPSA) is 108 Å². The number of allylic oxidation sites excluding steroid dienone is 1. The maximum atomic E-state index is 13.7. The Morgan fingerprint density at radius 3 is 2.13 bits per heavy atom. The SMILES string of the molecule is CCOC(=O)C1=C(C)NC(c2ccccc2)=C(C(=O)OCc2ccc([N+](=O)[O-])cc2)[C@@H]1C#Cc1ccccc1. The van der Waals surface area contributed by atoms with Crippen molar-refractivity contribution in [1.82, 2.24) is 5.32 Å². The van der Waals surface area contributed by atoms with Gasteiger partial charge in [-0.1, -0.05) is 60.4 Å². The van der Waals surface area contributed by atoms with Gasteiger partial charge in [-0.05, 0) is 49.2 Å². The van der Waals surface area contributed by atoms with Crippen molar-refractivity contribution >= 4 is 23.3 Å². The molecule has 39 heavy (non-hydrogen) atoms. The zero-order valence-electron chi connectivity index (χ0n) is 21.5. The maximum absolute atomic E-state index is 13.7. The Labute approximate surface area is 226 Å². The Morgan fingerprint density at radius 1 is 0.897 bits per heavy atom. The summed E-state index contributed by atoms with van der Waals surface area (Å²) in [7, 11) is 0. The first-order chi connectivity index (χ1) is 18.9. The minimum atomic E-state index is -0.940.